The number of carbonyl (C=O) groups excluding carboxylic acids is 1. The summed E-state index contributed by atoms with van der Waals surface area (Å²) in [4.78, 5) is 11.7. The van der Waals surface area contributed by atoms with Crippen molar-refractivity contribution in [2.75, 3.05) is 7.11 Å². The molecule has 0 saturated heterocycles. The summed E-state index contributed by atoms with van der Waals surface area (Å²) in [7, 11) is 1.12. The molecular formula is C25H29F3O2. The number of hydrogen-bond donors (Lipinski definition) is 0. The van der Waals surface area contributed by atoms with Crippen molar-refractivity contribution < 1.29 is 22.7 Å². The van der Waals surface area contributed by atoms with Gasteiger partial charge >= 0.3 is 5.97 Å². The van der Waals surface area contributed by atoms with Crippen LogP contribution in [0.15, 0.2) is 18.2 Å². The first-order chi connectivity index (χ1) is 14.4. The van der Waals surface area contributed by atoms with Crippen LogP contribution in [-0.2, 0) is 4.74 Å². The second-order valence-electron chi connectivity index (χ2n) is 9.11. The summed E-state index contributed by atoms with van der Waals surface area (Å²) < 4.78 is 49.2. The number of fused-ring (bicyclic) bond motifs is 2. The monoisotopic (exact) mass is 418 g/mol. The van der Waals surface area contributed by atoms with Crippen LogP contribution in [-0.4, -0.2) is 13.1 Å². The predicted octanol–water partition coefficient (Wildman–Crippen LogP) is 7.14. The molecule has 2 aromatic carbocycles. The zero-order chi connectivity index (χ0) is 21.4. The van der Waals surface area contributed by atoms with Gasteiger partial charge in [-0.15, -0.1) is 0 Å². The molecular weight excluding hydrogens is 389 g/mol. The first kappa shape index (κ1) is 21.2. The lowest BCUT2D eigenvalue weighted by Gasteiger charge is -2.42. The van der Waals surface area contributed by atoms with Crippen molar-refractivity contribution in [2.24, 2.45) is 17.8 Å². The largest absolute Gasteiger partial charge is 0.465 e. The Morgan fingerprint density at radius 2 is 1.73 bits per heavy atom. The standard InChI is InChI=1S/C25H29F3O2/c1-3-4-14-5-6-16-12-17(8-7-15(16)11-14)20-13-18-9-10-19(25(29)30-2)22(26)21(18)24(28)23(20)27/h9-10,13-17H,3-8,11-12H2,1-2H3. The van der Waals surface area contributed by atoms with Gasteiger partial charge in [0, 0.05) is 0 Å². The van der Waals surface area contributed by atoms with Gasteiger partial charge in [0.15, 0.2) is 11.6 Å². The van der Waals surface area contributed by atoms with Crippen LogP contribution in [0.1, 0.15) is 80.1 Å². The van der Waals surface area contributed by atoms with E-state index in [0.717, 1.165) is 32.3 Å². The number of ether oxygens (including phenoxy) is 1. The van der Waals surface area contributed by atoms with Crippen molar-refractivity contribution in [1.29, 1.82) is 0 Å². The topological polar surface area (TPSA) is 26.3 Å². The third-order valence-electron chi connectivity index (χ3n) is 7.41. The van der Waals surface area contributed by atoms with Crippen LogP contribution < -0.4 is 0 Å². The summed E-state index contributed by atoms with van der Waals surface area (Å²) in [6.07, 6.45) is 8.93. The van der Waals surface area contributed by atoms with Gasteiger partial charge < -0.3 is 4.74 Å². The number of esters is 1. The fraction of sp³-hybridized carbons (Fsp3) is 0.560. The molecule has 2 aliphatic rings. The molecule has 30 heavy (non-hydrogen) atoms. The molecule has 5 heteroatoms. The summed E-state index contributed by atoms with van der Waals surface area (Å²) in [5, 5.41) is -0.198. The molecule has 4 rings (SSSR count). The van der Waals surface area contributed by atoms with Gasteiger partial charge in [0.1, 0.15) is 5.82 Å². The van der Waals surface area contributed by atoms with Crippen LogP contribution in [0.4, 0.5) is 13.2 Å². The van der Waals surface area contributed by atoms with Crippen LogP contribution in [0.5, 0.6) is 0 Å². The molecule has 0 spiro atoms. The van der Waals surface area contributed by atoms with Crippen LogP contribution in [0, 0.1) is 35.2 Å². The van der Waals surface area contributed by atoms with Gasteiger partial charge in [-0.2, -0.15) is 0 Å². The predicted molar refractivity (Wildman–Crippen MR) is 111 cm³/mol. The van der Waals surface area contributed by atoms with Gasteiger partial charge in [-0.3, -0.25) is 0 Å². The summed E-state index contributed by atoms with van der Waals surface area (Å²) in [6.45, 7) is 2.23. The quantitative estimate of drug-likeness (QED) is 0.493. The van der Waals surface area contributed by atoms with E-state index in [4.69, 9.17) is 0 Å². The molecule has 0 amide bonds. The zero-order valence-corrected chi connectivity index (χ0v) is 17.6. The van der Waals surface area contributed by atoms with E-state index in [9.17, 15) is 13.6 Å². The summed E-state index contributed by atoms with van der Waals surface area (Å²) in [5.41, 5.74) is -0.0419. The molecule has 2 aliphatic carbocycles. The van der Waals surface area contributed by atoms with E-state index in [1.807, 2.05) is 0 Å². The zero-order valence-electron chi connectivity index (χ0n) is 17.6. The minimum atomic E-state index is -1.21. The van der Waals surface area contributed by atoms with E-state index in [1.165, 1.54) is 44.2 Å². The fourth-order valence-corrected chi connectivity index (χ4v) is 5.91. The lowest BCUT2D eigenvalue weighted by Crippen LogP contribution is -2.30. The van der Waals surface area contributed by atoms with Crippen molar-refractivity contribution in [3.8, 4) is 0 Å². The number of benzene rings is 2. The molecule has 0 N–H and O–H groups in total. The fourth-order valence-electron chi connectivity index (χ4n) is 5.91. The molecule has 162 valence electrons. The molecule has 0 radical (unpaired) electrons. The Bertz CT molecular complexity index is 955. The van der Waals surface area contributed by atoms with Crippen molar-refractivity contribution in [3.05, 3.63) is 46.8 Å². The highest BCUT2D eigenvalue weighted by Gasteiger charge is 2.37. The van der Waals surface area contributed by atoms with Crippen LogP contribution >= 0.6 is 0 Å². The maximum Gasteiger partial charge on any atom is 0.340 e. The smallest absolute Gasteiger partial charge is 0.340 e. The van der Waals surface area contributed by atoms with E-state index in [-0.39, 0.29) is 16.9 Å². The second-order valence-corrected chi connectivity index (χ2v) is 9.11. The van der Waals surface area contributed by atoms with Gasteiger partial charge in [-0.25, -0.2) is 18.0 Å². The highest BCUT2D eigenvalue weighted by molar-refractivity contribution is 5.96. The lowest BCUT2D eigenvalue weighted by molar-refractivity contribution is 0.0596. The summed E-state index contributed by atoms with van der Waals surface area (Å²) in [6, 6.07) is 4.32. The Balaban J connectivity index is 1.63. The number of hydrogen-bond acceptors (Lipinski definition) is 2. The summed E-state index contributed by atoms with van der Waals surface area (Å²) in [5.74, 6) is -2.14. The van der Waals surface area contributed by atoms with E-state index in [1.54, 1.807) is 6.07 Å². The Hall–Kier alpha value is -2.04. The van der Waals surface area contributed by atoms with Crippen molar-refractivity contribution in [1.82, 2.24) is 0 Å². The number of rotatable bonds is 4. The molecule has 0 heterocycles. The van der Waals surface area contributed by atoms with E-state index < -0.39 is 28.8 Å². The molecule has 2 aromatic rings. The van der Waals surface area contributed by atoms with Gasteiger partial charge in [-0.1, -0.05) is 32.3 Å². The SMILES string of the molecule is CCCC1CCC2CC(c3cc4ccc(C(=O)OC)c(F)c4c(F)c3F)CCC2C1. The molecule has 4 atom stereocenters. The Morgan fingerprint density at radius 1 is 1.00 bits per heavy atom. The Labute approximate surface area is 175 Å². The number of carbonyl (C=O) groups is 1. The molecule has 4 unspecified atom stereocenters. The number of methoxy groups -OCH3 is 1. The minimum Gasteiger partial charge on any atom is -0.465 e. The average Bonchev–Trinajstić information content (AvgIpc) is 2.75. The second kappa shape index (κ2) is 8.60. The minimum absolute atomic E-state index is 0.0452. The van der Waals surface area contributed by atoms with Crippen LogP contribution in [0.25, 0.3) is 10.8 Å². The third kappa shape index (κ3) is 3.72. The third-order valence-corrected chi connectivity index (χ3v) is 7.41. The molecule has 2 nitrogen and oxygen atoms in total. The Kier molecular flexibility index (Phi) is 6.08. The van der Waals surface area contributed by atoms with Crippen molar-refractivity contribution in [3.63, 3.8) is 0 Å². The van der Waals surface area contributed by atoms with E-state index >= 15 is 4.39 Å². The first-order valence-corrected chi connectivity index (χ1v) is 11.1. The van der Waals surface area contributed by atoms with Gasteiger partial charge in [-0.05, 0) is 78.9 Å². The van der Waals surface area contributed by atoms with E-state index in [0.29, 0.717) is 17.4 Å². The van der Waals surface area contributed by atoms with Gasteiger partial charge in [0.25, 0.3) is 0 Å². The van der Waals surface area contributed by atoms with Gasteiger partial charge in [0.2, 0.25) is 0 Å². The molecule has 2 fully saturated rings. The maximum atomic E-state index is 15.0. The molecule has 2 saturated carbocycles. The Morgan fingerprint density at radius 3 is 2.47 bits per heavy atom. The number of halogens is 3. The normalized spacial score (nSPS) is 26.4. The van der Waals surface area contributed by atoms with Crippen molar-refractivity contribution in [2.45, 2.75) is 64.2 Å². The molecule has 0 aliphatic heterocycles. The van der Waals surface area contributed by atoms with Crippen LogP contribution in [0.3, 0.4) is 0 Å². The lowest BCUT2D eigenvalue weighted by atomic mass is 9.63. The first-order valence-electron chi connectivity index (χ1n) is 11.1. The van der Waals surface area contributed by atoms with Crippen molar-refractivity contribution >= 4 is 16.7 Å². The van der Waals surface area contributed by atoms with Crippen LogP contribution in [0.2, 0.25) is 0 Å². The summed E-state index contributed by atoms with van der Waals surface area (Å²) >= 11 is 0. The highest BCUT2D eigenvalue weighted by atomic mass is 19.2. The average molecular weight is 418 g/mol. The molecule has 0 aromatic heterocycles. The maximum absolute atomic E-state index is 15.0. The van der Waals surface area contributed by atoms with Gasteiger partial charge in [0.05, 0.1) is 18.1 Å². The molecule has 0 bridgehead atoms. The highest BCUT2D eigenvalue weighted by Crippen LogP contribution is 2.49. The van der Waals surface area contributed by atoms with E-state index in [2.05, 4.69) is 11.7 Å².